The summed E-state index contributed by atoms with van der Waals surface area (Å²) in [6, 6.07) is 16.4. The van der Waals surface area contributed by atoms with Gasteiger partial charge in [0.05, 0.1) is 38.1 Å². The molecule has 7 heteroatoms. The summed E-state index contributed by atoms with van der Waals surface area (Å²) in [5, 5.41) is 2.96. The summed E-state index contributed by atoms with van der Waals surface area (Å²) >= 11 is 0. The third-order valence-electron chi connectivity index (χ3n) is 5.92. The van der Waals surface area contributed by atoms with Crippen LogP contribution in [-0.2, 0) is 9.59 Å². The molecule has 3 aromatic rings. The molecule has 33 heavy (non-hydrogen) atoms. The normalized spacial score (nSPS) is 18.0. The minimum atomic E-state index is -0.509. The van der Waals surface area contributed by atoms with E-state index in [1.807, 2.05) is 43.3 Å². The monoisotopic (exact) mass is 445 g/mol. The van der Waals surface area contributed by atoms with Gasteiger partial charge < -0.3 is 19.7 Å². The van der Waals surface area contributed by atoms with Crippen LogP contribution in [0.3, 0.4) is 0 Å². The average Bonchev–Trinajstić information content (AvgIpc) is 2.84. The maximum absolute atomic E-state index is 13.4. The molecular formula is C26H27N3O4. The zero-order valence-electron chi connectivity index (χ0n) is 18.9. The van der Waals surface area contributed by atoms with E-state index in [-0.39, 0.29) is 18.2 Å². The number of hydrogen-bond acceptors (Lipinski definition) is 5. The van der Waals surface area contributed by atoms with E-state index in [2.05, 4.69) is 10.3 Å². The van der Waals surface area contributed by atoms with Crippen LogP contribution in [0.4, 0.5) is 11.4 Å². The van der Waals surface area contributed by atoms with Gasteiger partial charge in [0.25, 0.3) is 0 Å². The van der Waals surface area contributed by atoms with Crippen LogP contribution in [0, 0.1) is 12.8 Å². The predicted octanol–water partition coefficient (Wildman–Crippen LogP) is 4.53. The summed E-state index contributed by atoms with van der Waals surface area (Å²) in [5.74, 6) is 0.476. The van der Waals surface area contributed by atoms with E-state index < -0.39 is 12.0 Å². The lowest BCUT2D eigenvalue weighted by Crippen LogP contribution is -2.47. The summed E-state index contributed by atoms with van der Waals surface area (Å²) in [6.45, 7) is 2.00. The highest BCUT2D eigenvalue weighted by Crippen LogP contribution is 2.42. The number of aromatic nitrogens is 1. The highest BCUT2D eigenvalue weighted by Gasteiger charge is 2.41. The summed E-state index contributed by atoms with van der Waals surface area (Å²) in [6.07, 6.45) is 3.98. The SMILES string of the molecule is COc1ccc([C@H]2[C@H](C(=O)Nc3cccnc3)CCC(=O)N2c2ccc(C)cc2)cc1OC. The van der Waals surface area contributed by atoms with Crippen LogP contribution >= 0.6 is 0 Å². The number of benzene rings is 2. The van der Waals surface area contributed by atoms with Crippen LogP contribution in [-0.4, -0.2) is 31.0 Å². The smallest absolute Gasteiger partial charge is 0.229 e. The molecule has 2 aromatic carbocycles. The Labute approximate surface area is 193 Å². The van der Waals surface area contributed by atoms with Gasteiger partial charge in [0.15, 0.2) is 11.5 Å². The minimum absolute atomic E-state index is 0.0240. The van der Waals surface area contributed by atoms with E-state index in [0.29, 0.717) is 23.6 Å². The maximum atomic E-state index is 13.4. The second-order valence-corrected chi connectivity index (χ2v) is 8.03. The molecule has 0 spiro atoms. The van der Waals surface area contributed by atoms with Gasteiger partial charge in [0, 0.05) is 18.3 Å². The highest BCUT2D eigenvalue weighted by molar-refractivity contribution is 6.00. The first kappa shape index (κ1) is 22.3. The largest absolute Gasteiger partial charge is 0.493 e. The molecule has 0 bridgehead atoms. The Morgan fingerprint density at radius 1 is 1.06 bits per heavy atom. The zero-order chi connectivity index (χ0) is 23.4. The van der Waals surface area contributed by atoms with Crippen molar-refractivity contribution >= 4 is 23.2 Å². The van der Waals surface area contributed by atoms with Crippen LogP contribution in [0.25, 0.3) is 0 Å². The Morgan fingerprint density at radius 2 is 1.82 bits per heavy atom. The van der Waals surface area contributed by atoms with Gasteiger partial charge >= 0.3 is 0 Å². The van der Waals surface area contributed by atoms with Crippen molar-refractivity contribution in [3.05, 3.63) is 78.1 Å². The number of rotatable bonds is 6. The fraction of sp³-hybridized carbons (Fsp3) is 0.269. The first-order valence-electron chi connectivity index (χ1n) is 10.8. The lowest BCUT2D eigenvalue weighted by molar-refractivity contribution is -0.125. The molecule has 0 saturated carbocycles. The fourth-order valence-corrected chi connectivity index (χ4v) is 4.27. The molecule has 0 aliphatic carbocycles. The molecule has 170 valence electrons. The predicted molar refractivity (Wildman–Crippen MR) is 127 cm³/mol. The number of nitrogens with zero attached hydrogens (tertiary/aromatic N) is 2. The van der Waals surface area contributed by atoms with Crippen LogP contribution in [0.1, 0.15) is 30.0 Å². The van der Waals surface area contributed by atoms with Crippen LogP contribution in [0.2, 0.25) is 0 Å². The van der Waals surface area contributed by atoms with Crippen molar-refractivity contribution < 1.29 is 19.1 Å². The molecule has 0 radical (unpaired) electrons. The second kappa shape index (κ2) is 9.73. The first-order valence-corrected chi connectivity index (χ1v) is 10.8. The molecule has 4 rings (SSSR count). The van der Waals surface area contributed by atoms with Crippen molar-refractivity contribution in [2.24, 2.45) is 5.92 Å². The van der Waals surface area contributed by atoms with Gasteiger partial charge in [-0.2, -0.15) is 0 Å². The van der Waals surface area contributed by atoms with E-state index in [1.54, 1.807) is 49.7 Å². The molecule has 0 unspecified atom stereocenters. The lowest BCUT2D eigenvalue weighted by atomic mass is 9.83. The molecule has 1 N–H and O–H groups in total. The second-order valence-electron chi connectivity index (χ2n) is 8.03. The number of carbonyl (C=O) groups excluding carboxylic acids is 2. The molecule has 1 fully saturated rings. The number of amides is 2. The van der Waals surface area contributed by atoms with Gasteiger partial charge in [0.2, 0.25) is 11.8 Å². The first-order chi connectivity index (χ1) is 16.0. The Morgan fingerprint density at radius 3 is 2.48 bits per heavy atom. The summed E-state index contributed by atoms with van der Waals surface area (Å²) in [5.41, 5.74) is 3.26. The quantitative estimate of drug-likeness (QED) is 0.603. The number of ether oxygens (including phenoxy) is 2. The van der Waals surface area contributed by atoms with Gasteiger partial charge in [-0.15, -0.1) is 0 Å². The number of methoxy groups -OCH3 is 2. The number of hydrogen-bond donors (Lipinski definition) is 1. The molecule has 1 aliphatic rings. The Hall–Kier alpha value is -3.87. The summed E-state index contributed by atoms with van der Waals surface area (Å²) in [7, 11) is 3.14. The summed E-state index contributed by atoms with van der Waals surface area (Å²) in [4.78, 5) is 32.4. The zero-order valence-corrected chi connectivity index (χ0v) is 18.9. The van der Waals surface area contributed by atoms with Crippen LogP contribution in [0.15, 0.2) is 67.0 Å². The molecule has 2 heterocycles. The average molecular weight is 446 g/mol. The van der Waals surface area contributed by atoms with E-state index in [0.717, 1.165) is 16.8 Å². The number of piperidine rings is 1. The number of anilines is 2. The van der Waals surface area contributed by atoms with E-state index in [4.69, 9.17) is 9.47 Å². The van der Waals surface area contributed by atoms with Gasteiger partial charge in [-0.1, -0.05) is 23.8 Å². The number of carbonyl (C=O) groups is 2. The number of nitrogens with one attached hydrogen (secondary N) is 1. The Bertz CT molecular complexity index is 1130. The Balaban J connectivity index is 1.78. The van der Waals surface area contributed by atoms with E-state index >= 15 is 0 Å². The van der Waals surface area contributed by atoms with Gasteiger partial charge in [-0.3, -0.25) is 14.6 Å². The van der Waals surface area contributed by atoms with Crippen molar-refractivity contribution in [1.29, 1.82) is 0 Å². The van der Waals surface area contributed by atoms with Crippen molar-refractivity contribution in [2.75, 3.05) is 24.4 Å². The molecule has 7 nitrogen and oxygen atoms in total. The molecule has 1 aromatic heterocycles. The number of aryl methyl sites for hydroxylation is 1. The van der Waals surface area contributed by atoms with E-state index in [1.165, 1.54) is 0 Å². The highest BCUT2D eigenvalue weighted by atomic mass is 16.5. The van der Waals surface area contributed by atoms with Crippen molar-refractivity contribution in [3.8, 4) is 11.5 Å². The topological polar surface area (TPSA) is 80.8 Å². The Kier molecular flexibility index (Phi) is 6.58. The van der Waals surface area contributed by atoms with E-state index in [9.17, 15) is 9.59 Å². The molecule has 2 atom stereocenters. The molecule has 1 aliphatic heterocycles. The third-order valence-corrected chi connectivity index (χ3v) is 5.92. The van der Waals surface area contributed by atoms with Gasteiger partial charge in [0.1, 0.15) is 0 Å². The van der Waals surface area contributed by atoms with Crippen molar-refractivity contribution in [1.82, 2.24) is 4.98 Å². The van der Waals surface area contributed by atoms with Crippen molar-refractivity contribution in [3.63, 3.8) is 0 Å². The standard InChI is InChI=1S/C26H27N3O4/c1-17-6-9-20(10-7-17)29-24(30)13-11-21(26(31)28-19-5-4-14-27-16-19)25(29)18-8-12-22(32-2)23(15-18)33-3/h4-10,12,14-16,21,25H,11,13H2,1-3H3,(H,28,31)/t21-,25+/m1/s1. The van der Waals surface area contributed by atoms with Gasteiger partial charge in [-0.25, -0.2) is 0 Å². The van der Waals surface area contributed by atoms with Gasteiger partial charge in [-0.05, 0) is 55.3 Å². The maximum Gasteiger partial charge on any atom is 0.229 e. The van der Waals surface area contributed by atoms with Crippen molar-refractivity contribution in [2.45, 2.75) is 25.8 Å². The molecular weight excluding hydrogens is 418 g/mol. The van der Waals surface area contributed by atoms with Crippen LogP contribution in [0.5, 0.6) is 11.5 Å². The number of pyridine rings is 1. The molecule has 2 amide bonds. The fourth-order valence-electron chi connectivity index (χ4n) is 4.27. The minimum Gasteiger partial charge on any atom is -0.493 e. The van der Waals surface area contributed by atoms with Crippen LogP contribution < -0.4 is 19.7 Å². The summed E-state index contributed by atoms with van der Waals surface area (Å²) < 4.78 is 10.9. The lowest BCUT2D eigenvalue weighted by Gasteiger charge is -2.41. The molecule has 1 saturated heterocycles. The third kappa shape index (κ3) is 4.67.